The van der Waals surface area contributed by atoms with Crippen molar-refractivity contribution >= 4 is 39.1 Å². The number of nitrogens with one attached hydrogen (secondary N) is 1. The van der Waals surface area contributed by atoms with Crippen LogP contribution in [0.2, 0.25) is 0 Å². The number of carbonyl (C=O) groups excluding carboxylic acids is 1. The first kappa shape index (κ1) is 15.9. The summed E-state index contributed by atoms with van der Waals surface area (Å²) in [5.74, 6) is -0.169. The molecule has 0 unspecified atom stereocenters. The Balaban J connectivity index is 2.30. The van der Waals surface area contributed by atoms with Crippen LogP contribution in [0, 0.1) is 6.92 Å². The van der Waals surface area contributed by atoms with Gasteiger partial charge in [0.05, 0.1) is 16.8 Å². The first-order chi connectivity index (χ1) is 11.5. The Kier molecular flexibility index (Phi) is 4.13. The number of pyridine rings is 1. The van der Waals surface area contributed by atoms with Crippen LogP contribution in [0.1, 0.15) is 15.4 Å². The van der Waals surface area contributed by atoms with Gasteiger partial charge in [0.1, 0.15) is 15.4 Å². The molecule has 0 saturated carbocycles. The molecule has 0 radical (unpaired) electrons. The molecule has 0 aliphatic rings. The highest BCUT2D eigenvalue weighted by Crippen LogP contribution is 2.38. The molecule has 3 heterocycles. The van der Waals surface area contributed by atoms with E-state index in [0.29, 0.717) is 34.1 Å². The minimum Gasteiger partial charge on any atom is -0.397 e. The predicted molar refractivity (Wildman–Crippen MR) is 97.0 cm³/mol. The molecule has 7 nitrogen and oxygen atoms in total. The summed E-state index contributed by atoms with van der Waals surface area (Å²) in [4.78, 5) is 25.9. The van der Waals surface area contributed by atoms with Gasteiger partial charge in [0.15, 0.2) is 0 Å². The number of hydrogen-bond acceptors (Lipinski definition) is 7. The number of nitrogens with two attached hydrogens (primary N) is 2. The van der Waals surface area contributed by atoms with Gasteiger partial charge < -0.3 is 16.8 Å². The second-order valence-electron chi connectivity index (χ2n) is 5.12. The zero-order chi connectivity index (χ0) is 17.3. The van der Waals surface area contributed by atoms with Crippen molar-refractivity contribution in [1.82, 2.24) is 15.0 Å². The van der Waals surface area contributed by atoms with Crippen LogP contribution in [0.25, 0.3) is 21.6 Å². The lowest BCUT2D eigenvalue weighted by Crippen LogP contribution is -2.10. The zero-order valence-electron chi connectivity index (χ0n) is 13.0. The van der Waals surface area contributed by atoms with Crippen LogP contribution in [0.3, 0.4) is 0 Å². The molecule has 0 aliphatic carbocycles. The van der Waals surface area contributed by atoms with Gasteiger partial charge in [-0.2, -0.15) is 0 Å². The molecular weight excluding hydrogens is 324 g/mol. The number of aromatic nitrogens is 3. The summed E-state index contributed by atoms with van der Waals surface area (Å²) in [6, 6.07) is 5.62. The van der Waals surface area contributed by atoms with E-state index in [1.807, 2.05) is 25.1 Å². The van der Waals surface area contributed by atoms with Crippen molar-refractivity contribution in [3.05, 3.63) is 41.4 Å². The first-order valence-electron chi connectivity index (χ1n) is 7.20. The minimum atomic E-state index is -0.584. The van der Waals surface area contributed by atoms with Gasteiger partial charge in [-0.1, -0.05) is 12.1 Å². The predicted octanol–water partition coefficient (Wildman–Crippen LogP) is 2.34. The Hall–Kier alpha value is -3.00. The van der Waals surface area contributed by atoms with Gasteiger partial charge in [-0.3, -0.25) is 9.78 Å². The summed E-state index contributed by atoms with van der Waals surface area (Å²) >= 11 is 1.15. The van der Waals surface area contributed by atoms with E-state index in [1.165, 1.54) is 0 Å². The van der Waals surface area contributed by atoms with Crippen molar-refractivity contribution in [1.29, 1.82) is 0 Å². The molecular formula is C16H16N6OS. The van der Waals surface area contributed by atoms with Crippen LogP contribution in [0.4, 0.5) is 11.6 Å². The van der Waals surface area contributed by atoms with Gasteiger partial charge in [-0.25, -0.2) is 9.97 Å². The van der Waals surface area contributed by atoms with Crippen LogP contribution in [-0.4, -0.2) is 27.4 Å². The highest BCUT2D eigenvalue weighted by Gasteiger charge is 2.21. The summed E-state index contributed by atoms with van der Waals surface area (Å²) in [6.45, 7) is 6.07. The summed E-state index contributed by atoms with van der Waals surface area (Å²) in [5.41, 5.74) is 13.9. The van der Waals surface area contributed by atoms with Gasteiger partial charge in [0.25, 0.3) is 5.91 Å². The second-order valence-corrected chi connectivity index (χ2v) is 6.12. The van der Waals surface area contributed by atoms with Gasteiger partial charge in [0, 0.05) is 12.2 Å². The number of carbonyl (C=O) groups is 1. The SMILES string of the molecule is C=CCNc1nc(-c2cccc(C)n2)c2c(N)c(C(N)=O)sc2n1. The number of primary amides is 1. The third-order valence-electron chi connectivity index (χ3n) is 3.35. The van der Waals surface area contributed by atoms with Crippen molar-refractivity contribution < 1.29 is 4.79 Å². The molecule has 3 aromatic rings. The van der Waals surface area contributed by atoms with Crippen molar-refractivity contribution in [3.8, 4) is 11.4 Å². The third kappa shape index (κ3) is 2.79. The lowest BCUT2D eigenvalue weighted by molar-refractivity contribution is 0.100. The van der Waals surface area contributed by atoms with Crippen LogP contribution >= 0.6 is 11.3 Å². The molecule has 0 aromatic carbocycles. The lowest BCUT2D eigenvalue weighted by atomic mass is 10.1. The van der Waals surface area contributed by atoms with Crippen LogP contribution in [-0.2, 0) is 0 Å². The van der Waals surface area contributed by atoms with E-state index in [1.54, 1.807) is 6.08 Å². The lowest BCUT2D eigenvalue weighted by Gasteiger charge is -2.08. The van der Waals surface area contributed by atoms with E-state index in [9.17, 15) is 4.79 Å². The molecule has 0 spiro atoms. The van der Waals surface area contributed by atoms with Gasteiger partial charge in [-0.05, 0) is 19.1 Å². The topological polar surface area (TPSA) is 120 Å². The van der Waals surface area contributed by atoms with Crippen molar-refractivity contribution in [2.45, 2.75) is 6.92 Å². The normalized spacial score (nSPS) is 10.7. The summed E-state index contributed by atoms with van der Waals surface area (Å²) in [7, 11) is 0. The van der Waals surface area contributed by atoms with Gasteiger partial charge >= 0.3 is 0 Å². The molecule has 0 bridgehead atoms. The third-order valence-corrected chi connectivity index (χ3v) is 4.46. The van der Waals surface area contributed by atoms with E-state index in [-0.39, 0.29) is 10.6 Å². The highest BCUT2D eigenvalue weighted by molar-refractivity contribution is 7.21. The Labute approximate surface area is 142 Å². The molecule has 0 fully saturated rings. The molecule has 3 rings (SSSR count). The zero-order valence-corrected chi connectivity index (χ0v) is 13.9. The van der Waals surface area contributed by atoms with E-state index in [2.05, 4.69) is 26.8 Å². The maximum atomic E-state index is 11.6. The Morgan fingerprint density at radius 1 is 1.38 bits per heavy atom. The fourth-order valence-corrected chi connectivity index (χ4v) is 3.25. The average Bonchev–Trinajstić information content (AvgIpc) is 2.89. The van der Waals surface area contributed by atoms with Crippen molar-refractivity contribution in [3.63, 3.8) is 0 Å². The highest BCUT2D eigenvalue weighted by atomic mass is 32.1. The molecule has 0 saturated heterocycles. The Morgan fingerprint density at radius 2 is 2.17 bits per heavy atom. The maximum absolute atomic E-state index is 11.6. The summed E-state index contributed by atoms with van der Waals surface area (Å²) in [6.07, 6.45) is 1.70. The fraction of sp³-hybridized carbons (Fsp3) is 0.125. The molecule has 1 amide bonds. The molecule has 8 heteroatoms. The van der Waals surface area contributed by atoms with Gasteiger partial charge in [-0.15, -0.1) is 17.9 Å². The largest absolute Gasteiger partial charge is 0.397 e. The van der Waals surface area contributed by atoms with Crippen molar-refractivity contribution in [2.24, 2.45) is 5.73 Å². The fourth-order valence-electron chi connectivity index (χ4n) is 2.31. The number of thiophene rings is 1. The summed E-state index contributed by atoms with van der Waals surface area (Å²) in [5, 5.41) is 3.64. The molecule has 3 aromatic heterocycles. The number of nitrogen functional groups attached to an aromatic ring is 1. The number of nitrogens with zero attached hydrogens (tertiary/aromatic N) is 3. The number of anilines is 2. The number of aryl methyl sites for hydroxylation is 1. The average molecular weight is 340 g/mol. The standard InChI is InChI=1S/C16H16N6OS/c1-3-7-19-16-21-12(9-6-4-5-8(2)20-9)10-11(17)13(14(18)23)24-15(10)22-16/h3-6H,1,7,17H2,2H3,(H2,18,23)(H,19,21,22). The molecule has 122 valence electrons. The quantitative estimate of drug-likeness (QED) is 0.613. The van der Waals surface area contributed by atoms with Crippen molar-refractivity contribution in [2.75, 3.05) is 17.6 Å². The molecule has 0 aliphatic heterocycles. The molecule has 5 N–H and O–H groups in total. The second kappa shape index (κ2) is 6.25. The number of amides is 1. The number of rotatable bonds is 5. The van der Waals surface area contributed by atoms with E-state index in [0.717, 1.165) is 17.0 Å². The van der Waals surface area contributed by atoms with Crippen LogP contribution in [0.5, 0.6) is 0 Å². The van der Waals surface area contributed by atoms with E-state index in [4.69, 9.17) is 11.5 Å². The number of hydrogen-bond donors (Lipinski definition) is 3. The monoisotopic (exact) mass is 340 g/mol. The van der Waals surface area contributed by atoms with Gasteiger partial charge in [0.2, 0.25) is 5.95 Å². The first-order valence-corrected chi connectivity index (χ1v) is 8.01. The number of fused-ring (bicyclic) bond motifs is 1. The Morgan fingerprint density at radius 3 is 2.83 bits per heavy atom. The maximum Gasteiger partial charge on any atom is 0.260 e. The molecule has 0 atom stereocenters. The summed E-state index contributed by atoms with van der Waals surface area (Å²) < 4.78 is 0. The van der Waals surface area contributed by atoms with E-state index >= 15 is 0 Å². The molecule has 24 heavy (non-hydrogen) atoms. The Bertz CT molecular complexity index is 949. The van der Waals surface area contributed by atoms with E-state index < -0.39 is 5.91 Å². The van der Waals surface area contributed by atoms with Crippen LogP contribution in [0.15, 0.2) is 30.9 Å². The minimum absolute atomic E-state index is 0.272. The smallest absolute Gasteiger partial charge is 0.260 e. The van der Waals surface area contributed by atoms with Crippen LogP contribution < -0.4 is 16.8 Å².